The molecule has 1 amide bonds. The highest BCUT2D eigenvalue weighted by Gasteiger charge is 2.31. The SMILES string of the molecule is C=CCN1C[C@@H](c2ncc(-c3ccc(CC)cc3)[nH]2)CC1=O. The van der Waals surface area contributed by atoms with Gasteiger partial charge < -0.3 is 9.88 Å². The number of imidazole rings is 1. The molecule has 4 nitrogen and oxygen atoms in total. The first-order chi connectivity index (χ1) is 10.7. The Morgan fingerprint density at radius 3 is 2.86 bits per heavy atom. The number of hydrogen-bond acceptors (Lipinski definition) is 2. The van der Waals surface area contributed by atoms with Crippen molar-refractivity contribution in [3.8, 4) is 11.3 Å². The number of nitrogens with zero attached hydrogens (tertiary/aromatic N) is 2. The van der Waals surface area contributed by atoms with Gasteiger partial charge in [0.2, 0.25) is 5.91 Å². The second kappa shape index (κ2) is 6.18. The Bertz CT molecular complexity index is 672. The number of aromatic nitrogens is 2. The van der Waals surface area contributed by atoms with Gasteiger partial charge in [-0.05, 0) is 17.5 Å². The van der Waals surface area contributed by atoms with Crippen LogP contribution < -0.4 is 0 Å². The summed E-state index contributed by atoms with van der Waals surface area (Å²) in [7, 11) is 0. The number of carbonyl (C=O) groups excluding carboxylic acids is 1. The molecule has 4 heteroatoms. The second-order valence-electron chi connectivity index (χ2n) is 5.72. The quantitative estimate of drug-likeness (QED) is 0.861. The van der Waals surface area contributed by atoms with Crippen LogP contribution in [-0.4, -0.2) is 33.9 Å². The van der Waals surface area contributed by atoms with Crippen molar-refractivity contribution >= 4 is 5.91 Å². The van der Waals surface area contributed by atoms with Crippen molar-refractivity contribution < 1.29 is 4.79 Å². The van der Waals surface area contributed by atoms with Crippen molar-refractivity contribution in [3.63, 3.8) is 0 Å². The molecule has 1 aromatic carbocycles. The number of hydrogen-bond donors (Lipinski definition) is 1. The van der Waals surface area contributed by atoms with E-state index in [2.05, 4.69) is 47.7 Å². The average Bonchev–Trinajstić information content (AvgIpc) is 3.15. The number of aryl methyl sites for hydroxylation is 1. The van der Waals surface area contributed by atoms with E-state index >= 15 is 0 Å². The molecule has 1 aliphatic heterocycles. The molecule has 1 saturated heterocycles. The highest BCUT2D eigenvalue weighted by molar-refractivity contribution is 5.79. The number of H-pyrrole nitrogens is 1. The van der Waals surface area contributed by atoms with Gasteiger partial charge in [-0.3, -0.25) is 4.79 Å². The first-order valence-corrected chi connectivity index (χ1v) is 7.74. The molecule has 114 valence electrons. The lowest BCUT2D eigenvalue weighted by atomic mass is 10.1. The molecular weight excluding hydrogens is 274 g/mol. The molecule has 1 fully saturated rings. The molecule has 2 heterocycles. The summed E-state index contributed by atoms with van der Waals surface area (Å²) in [6, 6.07) is 8.50. The van der Waals surface area contributed by atoms with Crippen LogP contribution in [0.15, 0.2) is 43.1 Å². The molecule has 0 radical (unpaired) electrons. The molecule has 1 aromatic heterocycles. The Hall–Kier alpha value is -2.36. The van der Waals surface area contributed by atoms with Gasteiger partial charge in [-0.25, -0.2) is 4.98 Å². The van der Waals surface area contributed by atoms with Gasteiger partial charge in [0.15, 0.2) is 0 Å². The fourth-order valence-corrected chi connectivity index (χ4v) is 2.90. The lowest BCUT2D eigenvalue weighted by Crippen LogP contribution is -2.24. The monoisotopic (exact) mass is 295 g/mol. The third kappa shape index (κ3) is 2.82. The van der Waals surface area contributed by atoms with Gasteiger partial charge in [-0.1, -0.05) is 37.3 Å². The average molecular weight is 295 g/mol. The molecule has 1 atom stereocenters. The number of aromatic amines is 1. The van der Waals surface area contributed by atoms with E-state index in [4.69, 9.17) is 0 Å². The molecule has 3 rings (SSSR count). The van der Waals surface area contributed by atoms with Crippen molar-refractivity contribution in [3.05, 3.63) is 54.5 Å². The molecular formula is C18H21N3O. The van der Waals surface area contributed by atoms with E-state index in [-0.39, 0.29) is 11.8 Å². The predicted molar refractivity (Wildman–Crippen MR) is 87.5 cm³/mol. The van der Waals surface area contributed by atoms with Gasteiger partial charge in [-0.15, -0.1) is 6.58 Å². The molecule has 22 heavy (non-hydrogen) atoms. The lowest BCUT2D eigenvalue weighted by molar-refractivity contribution is -0.127. The zero-order chi connectivity index (χ0) is 15.5. The Morgan fingerprint density at radius 2 is 2.18 bits per heavy atom. The van der Waals surface area contributed by atoms with Crippen LogP contribution in [0.5, 0.6) is 0 Å². The van der Waals surface area contributed by atoms with Gasteiger partial charge in [-0.2, -0.15) is 0 Å². The van der Waals surface area contributed by atoms with Crippen LogP contribution in [0.4, 0.5) is 0 Å². The van der Waals surface area contributed by atoms with Crippen molar-refractivity contribution in [2.24, 2.45) is 0 Å². The molecule has 1 N–H and O–H groups in total. The highest BCUT2D eigenvalue weighted by Crippen LogP contribution is 2.28. The molecule has 0 aliphatic carbocycles. The fraction of sp³-hybridized carbons (Fsp3) is 0.333. The maximum Gasteiger partial charge on any atom is 0.223 e. The Labute approximate surface area is 130 Å². The van der Waals surface area contributed by atoms with Crippen LogP contribution >= 0.6 is 0 Å². The number of amides is 1. The standard InChI is InChI=1S/C18H21N3O/c1-3-9-21-12-15(10-17(21)22)18-19-11-16(20-18)14-7-5-13(4-2)6-8-14/h3,5-8,11,15H,1,4,9-10,12H2,2H3,(H,19,20)/t15-/m0/s1. The first kappa shape index (κ1) is 14.6. The summed E-state index contributed by atoms with van der Waals surface area (Å²) in [5.74, 6) is 1.22. The topological polar surface area (TPSA) is 49.0 Å². The number of nitrogens with one attached hydrogen (secondary N) is 1. The van der Waals surface area contributed by atoms with Gasteiger partial charge in [0.05, 0.1) is 11.9 Å². The second-order valence-corrected chi connectivity index (χ2v) is 5.72. The fourth-order valence-electron chi connectivity index (χ4n) is 2.90. The maximum absolute atomic E-state index is 11.9. The number of rotatable bonds is 5. The summed E-state index contributed by atoms with van der Waals surface area (Å²) in [5.41, 5.74) is 3.46. The minimum atomic E-state index is 0.149. The zero-order valence-electron chi connectivity index (χ0n) is 12.9. The van der Waals surface area contributed by atoms with E-state index in [0.29, 0.717) is 19.5 Å². The zero-order valence-corrected chi connectivity index (χ0v) is 12.9. The van der Waals surface area contributed by atoms with Crippen molar-refractivity contribution in [1.29, 1.82) is 0 Å². The van der Waals surface area contributed by atoms with E-state index in [9.17, 15) is 4.79 Å². The summed E-state index contributed by atoms with van der Waals surface area (Å²) < 4.78 is 0. The summed E-state index contributed by atoms with van der Waals surface area (Å²) in [6.07, 6.45) is 5.19. The minimum Gasteiger partial charge on any atom is -0.342 e. The van der Waals surface area contributed by atoms with Crippen molar-refractivity contribution in [1.82, 2.24) is 14.9 Å². The molecule has 0 saturated carbocycles. The molecule has 0 bridgehead atoms. The normalized spacial score (nSPS) is 18.0. The summed E-state index contributed by atoms with van der Waals surface area (Å²) >= 11 is 0. The summed E-state index contributed by atoms with van der Waals surface area (Å²) in [6.45, 7) is 7.17. The van der Waals surface area contributed by atoms with Crippen LogP contribution in [0, 0.1) is 0 Å². The van der Waals surface area contributed by atoms with E-state index in [0.717, 1.165) is 23.5 Å². The van der Waals surface area contributed by atoms with Gasteiger partial charge >= 0.3 is 0 Å². The number of benzene rings is 1. The number of carbonyl (C=O) groups is 1. The summed E-state index contributed by atoms with van der Waals surface area (Å²) in [5, 5.41) is 0. The Balaban J connectivity index is 1.76. The maximum atomic E-state index is 11.9. The molecule has 0 spiro atoms. The van der Waals surface area contributed by atoms with E-state index in [1.54, 1.807) is 6.08 Å². The largest absolute Gasteiger partial charge is 0.342 e. The smallest absolute Gasteiger partial charge is 0.223 e. The van der Waals surface area contributed by atoms with Gasteiger partial charge in [0.1, 0.15) is 5.82 Å². The Kier molecular flexibility index (Phi) is 4.09. The molecule has 2 aromatic rings. The lowest BCUT2D eigenvalue weighted by Gasteiger charge is -2.12. The third-order valence-electron chi connectivity index (χ3n) is 4.22. The van der Waals surface area contributed by atoms with Crippen molar-refractivity contribution in [2.75, 3.05) is 13.1 Å². The van der Waals surface area contributed by atoms with E-state index in [1.807, 2.05) is 11.1 Å². The van der Waals surface area contributed by atoms with Crippen LogP contribution in [0.3, 0.4) is 0 Å². The Morgan fingerprint density at radius 1 is 1.41 bits per heavy atom. The first-order valence-electron chi connectivity index (χ1n) is 7.74. The summed E-state index contributed by atoms with van der Waals surface area (Å²) in [4.78, 5) is 21.6. The van der Waals surface area contributed by atoms with Crippen LogP contribution in [0.25, 0.3) is 11.3 Å². The molecule has 1 aliphatic rings. The third-order valence-corrected chi connectivity index (χ3v) is 4.22. The van der Waals surface area contributed by atoms with E-state index in [1.165, 1.54) is 5.56 Å². The minimum absolute atomic E-state index is 0.149. The molecule has 0 unspecified atom stereocenters. The number of likely N-dealkylation sites (tertiary alicyclic amines) is 1. The van der Waals surface area contributed by atoms with Crippen molar-refractivity contribution in [2.45, 2.75) is 25.7 Å². The van der Waals surface area contributed by atoms with E-state index < -0.39 is 0 Å². The highest BCUT2D eigenvalue weighted by atomic mass is 16.2. The predicted octanol–water partition coefficient (Wildman–Crippen LogP) is 3.14. The van der Waals surface area contributed by atoms with Gasteiger partial charge in [0.25, 0.3) is 0 Å². The van der Waals surface area contributed by atoms with Crippen LogP contribution in [0.2, 0.25) is 0 Å². The van der Waals surface area contributed by atoms with Crippen LogP contribution in [-0.2, 0) is 11.2 Å². The van der Waals surface area contributed by atoms with Gasteiger partial charge in [0, 0.05) is 25.4 Å². The van der Waals surface area contributed by atoms with Crippen LogP contribution in [0.1, 0.15) is 30.7 Å².